The van der Waals surface area contributed by atoms with Gasteiger partial charge in [-0.05, 0) is 67.7 Å². The fourth-order valence-electron chi connectivity index (χ4n) is 5.27. The van der Waals surface area contributed by atoms with Crippen molar-refractivity contribution in [2.75, 3.05) is 0 Å². The van der Waals surface area contributed by atoms with Crippen LogP contribution in [0.3, 0.4) is 0 Å². The molecule has 1 unspecified atom stereocenters. The number of hydrogen-bond acceptors (Lipinski definition) is 0. The lowest BCUT2D eigenvalue weighted by Gasteiger charge is -2.14. The van der Waals surface area contributed by atoms with E-state index in [4.69, 9.17) is 0 Å². The van der Waals surface area contributed by atoms with E-state index in [1.807, 2.05) is 0 Å². The van der Waals surface area contributed by atoms with Crippen molar-refractivity contribution in [3.8, 4) is 0 Å². The van der Waals surface area contributed by atoms with Crippen LogP contribution in [-0.2, 0) is 13.0 Å². The lowest BCUT2D eigenvalue weighted by atomic mass is 9.94. The van der Waals surface area contributed by atoms with E-state index in [1.165, 1.54) is 98.0 Å². The van der Waals surface area contributed by atoms with Crippen molar-refractivity contribution in [2.45, 2.75) is 91.0 Å². The smallest absolute Gasteiger partial charge is 0.0491 e. The summed E-state index contributed by atoms with van der Waals surface area (Å²) in [5.74, 6) is 2.05. The molecule has 1 aliphatic rings. The van der Waals surface area contributed by atoms with Gasteiger partial charge in [0.1, 0.15) is 0 Å². The first-order valence-corrected chi connectivity index (χ1v) is 12.3. The number of rotatable bonds is 12. The maximum Gasteiger partial charge on any atom is 0.0491 e. The summed E-state index contributed by atoms with van der Waals surface area (Å²) in [5.41, 5.74) is 4.35. The molecule has 2 aromatic carbocycles. The van der Waals surface area contributed by atoms with Crippen LogP contribution in [0.25, 0.3) is 21.8 Å². The van der Waals surface area contributed by atoms with Gasteiger partial charge in [0.05, 0.1) is 0 Å². The molecule has 156 valence electrons. The van der Waals surface area contributed by atoms with Crippen LogP contribution in [0.1, 0.15) is 83.6 Å². The molecule has 1 saturated carbocycles. The van der Waals surface area contributed by atoms with Gasteiger partial charge >= 0.3 is 0 Å². The van der Waals surface area contributed by atoms with Crippen LogP contribution < -0.4 is 0 Å². The second-order valence-corrected chi connectivity index (χ2v) is 9.33. The lowest BCUT2D eigenvalue weighted by molar-refractivity contribution is 0.392. The number of fused-ring (bicyclic) bond motifs is 3. The SMILES string of the molecule is CCCCCCc1ccc2c(c1)c1ccccc1n2CCCCC(CC)C1CC1. The molecule has 0 amide bonds. The van der Waals surface area contributed by atoms with E-state index >= 15 is 0 Å². The highest BCUT2D eigenvalue weighted by atomic mass is 15.0. The first kappa shape index (κ1) is 20.5. The molecule has 1 fully saturated rings. The van der Waals surface area contributed by atoms with Crippen LogP contribution in [0.4, 0.5) is 0 Å². The van der Waals surface area contributed by atoms with Crippen LogP contribution in [0.15, 0.2) is 42.5 Å². The van der Waals surface area contributed by atoms with Gasteiger partial charge in [0.2, 0.25) is 0 Å². The third kappa shape index (κ3) is 4.87. The molecule has 0 aliphatic heterocycles. The largest absolute Gasteiger partial charge is 0.340 e. The Labute approximate surface area is 177 Å². The van der Waals surface area contributed by atoms with Crippen molar-refractivity contribution >= 4 is 21.8 Å². The van der Waals surface area contributed by atoms with E-state index in [1.54, 1.807) is 0 Å². The molecule has 0 saturated heterocycles. The number of benzene rings is 2. The van der Waals surface area contributed by atoms with Gasteiger partial charge in [-0.1, -0.05) is 76.6 Å². The van der Waals surface area contributed by atoms with E-state index in [0.717, 1.165) is 18.4 Å². The molecule has 0 N–H and O–H groups in total. The Balaban J connectivity index is 1.48. The molecule has 29 heavy (non-hydrogen) atoms. The second-order valence-electron chi connectivity index (χ2n) is 9.33. The Morgan fingerprint density at radius 1 is 0.862 bits per heavy atom. The Kier molecular flexibility index (Phi) is 6.95. The van der Waals surface area contributed by atoms with Gasteiger partial charge in [-0.2, -0.15) is 0 Å². The average molecular weight is 390 g/mol. The maximum atomic E-state index is 2.59. The second kappa shape index (κ2) is 9.83. The van der Waals surface area contributed by atoms with E-state index in [-0.39, 0.29) is 0 Å². The maximum absolute atomic E-state index is 2.59. The number of aromatic nitrogens is 1. The number of aryl methyl sites for hydroxylation is 2. The molecule has 1 aliphatic carbocycles. The quantitative estimate of drug-likeness (QED) is 0.273. The molecule has 3 aromatic rings. The molecule has 1 nitrogen and oxygen atoms in total. The molecule has 4 rings (SSSR count). The highest BCUT2D eigenvalue weighted by Crippen LogP contribution is 2.41. The van der Waals surface area contributed by atoms with Crippen LogP contribution in [0.5, 0.6) is 0 Å². The van der Waals surface area contributed by atoms with Crippen molar-refractivity contribution in [1.82, 2.24) is 4.57 Å². The van der Waals surface area contributed by atoms with Crippen LogP contribution in [-0.4, -0.2) is 4.57 Å². The van der Waals surface area contributed by atoms with Crippen LogP contribution >= 0.6 is 0 Å². The first-order valence-electron chi connectivity index (χ1n) is 12.3. The molecule has 1 heterocycles. The molecule has 1 aromatic heterocycles. The number of nitrogens with zero attached hydrogens (tertiary/aromatic N) is 1. The number of unbranched alkanes of at least 4 members (excludes halogenated alkanes) is 4. The van der Waals surface area contributed by atoms with Crippen molar-refractivity contribution in [2.24, 2.45) is 11.8 Å². The molecular weight excluding hydrogens is 350 g/mol. The molecule has 1 heteroatoms. The molecular formula is C28H39N. The zero-order chi connectivity index (χ0) is 20.1. The zero-order valence-corrected chi connectivity index (χ0v) is 18.6. The molecule has 0 spiro atoms. The number of para-hydroxylation sites is 1. The average Bonchev–Trinajstić information content (AvgIpc) is 3.55. The molecule has 1 atom stereocenters. The van der Waals surface area contributed by atoms with E-state index in [9.17, 15) is 0 Å². The zero-order valence-electron chi connectivity index (χ0n) is 18.6. The van der Waals surface area contributed by atoms with Crippen molar-refractivity contribution < 1.29 is 0 Å². The van der Waals surface area contributed by atoms with Gasteiger partial charge in [-0.25, -0.2) is 0 Å². The van der Waals surface area contributed by atoms with Crippen molar-refractivity contribution in [3.05, 3.63) is 48.0 Å². The lowest BCUT2D eigenvalue weighted by Crippen LogP contribution is -2.03. The summed E-state index contributed by atoms with van der Waals surface area (Å²) in [6, 6.07) is 16.3. The summed E-state index contributed by atoms with van der Waals surface area (Å²) in [5, 5.41) is 2.89. The predicted octanol–water partition coefficient (Wildman–Crippen LogP) is 8.52. The van der Waals surface area contributed by atoms with E-state index in [2.05, 4.69) is 60.9 Å². The Morgan fingerprint density at radius 3 is 2.48 bits per heavy atom. The summed E-state index contributed by atoms with van der Waals surface area (Å²) >= 11 is 0. The van der Waals surface area contributed by atoms with E-state index in [0.29, 0.717) is 0 Å². The Morgan fingerprint density at radius 2 is 1.69 bits per heavy atom. The summed E-state index contributed by atoms with van der Waals surface area (Å²) in [7, 11) is 0. The minimum Gasteiger partial charge on any atom is -0.340 e. The summed E-state index contributed by atoms with van der Waals surface area (Å²) in [4.78, 5) is 0. The van der Waals surface area contributed by atoms with Crippen molar-refractivity contribution in [1.29, 1.82) is 0 Å². The monoisotopic (exact) mass is 389 g/mol. The van der Waals surface area contributed by atoms with Crippen LogP contribution in [0, 0.1) is 11.8 Å². The topological polar surface area (TPSA) is 4.93 Å². The van der Waals surface area contributed by atoms with Gasteiger partial charge in [0.25, 0.3) is 0 Å². The highest BCUT2D eigenvalue weighted by molar-refractivity contribution is 6.08. The third-order valence-corrected chi connectivity index (χ3v) is 7.18. The normalized spacial score (nSPS) is 15.4. The van der Waals surface area contributed by atoms with Gasteiger partial charge in [0, 0.05) is 28.4 Å². The van der Waals surface area contributed by atoms with E-state index < -0.39 is 0 Å². The van der Waals surface area contributed by atoms with Gasteiger partial charge in [-0.15, -0.1) is 0 Å². The fourth-order valence-corrected chi connectivity index (χ4v) is 5.27. The minimum absolute atomic E-state index is 0.989. The van der Waals surface area contributed by atoms with Gasteiger partial charge in [-0.3, -0.25) is 0 Å². The summed E-state index contributed by atoms with van der Waals surface area (Å²) in [6.45, 7) is 5.83. The standard InChI is InChI=1S/C28H39N/c1-3-5-6-7-12-22-16-19-28-26(21-22)25-14-8-9-15-27(25)29(28)20-11-10-13-23(4-2)24-17-18-24/h8-9,14-16,19,21,23-24H,3-7,10-13,17-18,20H2,1-2H3. The third-order valence-electron chi connectivity index (χ3n) is 7.18. The minimum atomic E-state index is 0.989. The first-order chi connectivity index (χ1) is 14.3. The van der Waals surface area contributed by atoms with Gasteiger partial charge < -0.3 is 4.57 Å². The Hall–Kier alpha value is -1.76. The van der Waals surface area contributed by atoms with Gasteiger partial charge in [0.15, 0.2) is 0 Å². The number of hydrogen-bond donors (Lipinski definition) is 0. The fraction of sp³-hybridized carbons (Fsp3) is 0.571. The Bertz CT molecular complexity index is 915. The highest BCUT2D eigenvalue weighted by Gasteiger charge is 2.29. The molecule has 0 bridgehead atoms. The molecule has 0 radical (unpaired) electrons. The summed E-state index contributed by atoms with van der Waals surface area (Å²) in [6.07, 6.45) is 15.0. The summed E-state index contributed by atoms with van der Waals surface area (Å²) < 4.78 is 2.59. The predicted molar refractivity (Wildman–Crippen MR) is 128 cm³/mol. The van der Waals surface area contributed by atoms with Crippen molar-refractivity contribution in [3.63, 3.8) is 0 Å². The van der Waals surface area contributed by atoms with Crippen LogP contribution in [0.2, 0.25) is 0 Å².